The van der Waals surface area contributed by atoms with E-state index in [1.54, 1.807) is 18.2 Å². The molecule has 0 saturated carbocycles. The average molecular weight is 290 g/mol. The molecular formula is C13H14N4O4. The lowest BCUT2D eigenvalue weighted by Crippen LogP contribution is -2.18. The SMILES string of the molecule is Cc1ccc(-c2c(C(=O)O)nnn2C(C)C(=O)O)cc1N. The monoisotopic (exact) mass is 290 g/mol. The number of aryl methyl sites for hydroxylation is 1. The second-order valence-corrected chi connectivity index (χ2v) is 4.62. The van der Waals surface area contributed by atoms with Crippen LogP contribution in [0.5, 0.6) is 0 Å². The molecule has 0 aliphatic rings. The van der Waals surface area contributed by atoms with E-state index in [0.717, 1.165) is 10.2 Å². The van der Waals surface area contributed by atoms with Gasteiger partial charge < -0.3 is 15.9 Å². The predicted molar refractivity (Wildman–Crippen MR) is 73.9 cm³/mol. The smallest absolute Gasteiger partial charge is 0.358 e. The molecule has 0 radical (unpaired) electrons. The largest absolute Gasteiger partial charge is 0.480 e. The number of nitrogens with zero attached hydrogens (tertiary/aromatic N) is 3. The first-order chi connectivity index (χ1) is 9.82. The summed E-state index contributed by atoms with van der Waals surface area (Å²) in [6, 6.07) is 3.90. The summed E-state index contributed by atoms with van der Waals surface area (Å²) >= 11 is 0. The minimum absolute atomic E-state index is 0.115. The number of hydrogen-bond acceptors (Lipinski definition) is 5. The molecule has 8 heteroatoms. The highest BCUT2D eigenvalue weighted by Gasteiger charge is 2.26. The van der Waals surface area contributed by atoms with E-state index in [9.17, 15) is 14.7 Å². The summed E-state index contributed by atoms with van der Waals surface area (Å²) in [5.74, 6) is -2.42. The second-order valence-electron chi connectivity index (χ2n) is 4.62. The molecule has 2 aromatic rings. The van der Waals surface area contributed by atoms with Gasteiger partial charge in [0.05, 0.1) is 0 Å². The number of anilines is 1. The summed E-state index contributed by atoms with van der Waals surface area (Å²) in [4.78, 5) is 22.4. The van der Waals surface area contributed by atoms with Crippen molar-refractivity contribution in [1.29, 1.82) is 0 Å². The van der Waals surface area contributed by atoms with Crippen molar-refractivity contribution in [3.8, 4) is 11.3 Å². The molecule has 21 heavy (non-hydrogen) atoms. The summed E-state index contributed by atoms with van der Waals surface area (Å²) in [6.07, 6.45) is 0. The number of aliphatic carboxylic acids is 1. The lowest BCUT2D eigenvalue weighted by Gasteiger charge is -2.12. The van der Waals surface area contributed by atoms with Gasteiger partial charge >= 0.3 is 11.9 Å². The van der Waals surface area contributed by atoms with E-state index < -0.39 is 18.0 Å². The molecule has 2 rings (SSSR count). The van der Waals surface area contributed by atoms with Crippen molar-refractivity contribution in [2.24, 2.45) is 0 Å². The van der Waals surface area contributed by atoms with Crippen molar-refractivity contribution in [1.82, 2.24) is 15.0 Å². The molecule has 1 heterocycles. The van der Waals surface area contributed by atoms with Gasteiger partial charge in [-0.15, -0.1) is 5.10 Å². The number of rotatable bonds is 4. The standard InChI is InChI=1S/C13H14N4O4/c1-6-3-4-8(5-9(6)14)11-10(13(20)21)15-16-17(11)7(2)12(18)19/h3-5,7H,14H2,1-2H3,(H,18,19)(H,20,21). The molecular weight excluding hydrogens is 276 g/mol. The van der Waals surface area contributed by atoms with Crippen LogP contribution in [-0.4, -0.2) is 37.1 Å². The Hall–Kier alpha value is -2.90. The lowest BCUT2D eigenvalue weighted by molar-refractivity contribution is -0.140. The van der Waals surface area contributed by atoms with Gasteiger partial charge in [-0.1, -0.05) is 17.3 Å². The minimum atomic E-state index is -1.28. The summed E-state index contributed by atoms with van der Waals surface area (Å²) in [5.41, 5.74) is 7.38. The topological polar surface area (TPSA) is 131 Å². The molecule has 110 valence electrons. The van der Waals surface area contributed by atoms with Gasteiger partial charge in [-0.3, -0.25) is 0 Å². The number of nitrogens with two attached hydrogens (primary N) is 1. The Morgan fingerprint density at radius 3 is 2.52 bits per heavy atom. The average Bonchev–Trinajstić information content (AvgIpc) is 2.85. The minimum Gasteiger partial charge on any atom is -0.480 e. The van der Waals surface area contributed by atoms with Crippen molar-refractivity contribution >= 4 is 17.6 Å². The van der Waals surface area contributed by atoms with Crippen LogP contribution in [0.15, 0.2) is 18.2 Å². The maximum atomic E-state index is 11.3. The van der Waals surface area contributed by atoms with E-state index in [-0.39, 0.29) is 11.4 Å². The van der Waals surface area contributed by atoms with E-state index in [0.29, 0.717) is 11.3 Å². The van der Waals surface area contributed by atoms with Crippen LogP contribution in [0.1, 0.15) is 29.0 Å². The Balaban J connectivity index is 2.69. The van der Waals surface area contributed by atoms with Crippen LogP contribution in [0.25, 0.3) is 11.3 Å². The van der Waals surface area contributed by atoms with Crippen molar-refractivity contribution in [2.45, 2.75) is 19.9 Å². The van der Waals surface area contributed by atoms with Crippen LogP contribution >= 0.6 is 0 Å². The number of carboxylic acids is 2. The van der Waals surface area contributed by atoms with Crippen LogP contribution in [0.3, 0.4) is 0 Å². The van der Waals surface area contributed by atoms with Gasteiger partial charge in [-0.05, 0) is 25.5 Å². The summed E-state index contributed by atoms with van der Waals surface area (Å²) in [5, 5.41) is 25.5. The number of aromatic carboxylic acids is 1. The van der Waals surface area contributed by atoms with Gasteiger partial charge in [-0.2, -0.15) is 0 Å². The first-order valence-electron chi connectivity index (χ1n) is 6.10. The molecule has 0 bridgehead atoms. The Labute approximate surface area is 119 Å². The first kappa shape index (κ1) is 14.5. The number of benzene rings is 1. The summed E-state index contributed by atoms with van der Waals surface area (Å²) in [7, 11) is 0. The zero-order chi connectivity index (χ0) is 15.7. The van der Waals surface area contributed by atoms with Crippen molar-refractivity contribution in [3.63, 3.8) is 0 Å². The number of carbonyl (C=O) groups is 2. The third kappa shape index (κ3) is 2.55. The van der Waals surface area contributed by atoms with Gasteiger partial charge in [0.25, 0.3) is 0 Å². The van der Waals surface area contributed by atoms with E-state index in [4.69, 9.17) is 10.8 Å². The normalized spacial score (nSPS) is 12.1. The fraction of sp³-hybridized carbons (Fsp3) is 0.231. The molecule has 1 aromatic heterocycles. The Morgan fingerprint density at radius 2 is 2.00 bits per heavy atom. The third-order valence-corrected chi connectivity index (χ3v) is 3.17. The highest BCUT2D eigenvalue weighted by Crippen LogP contribution is 2.28. The quantitative estimate of drug-likeness (QED) is 0.720. The van der Waals surface area contributed by atoms with Crippen LogP contribution in [0, 0.1) is 6.92 Å². The molecule has 0 amide bonds. The number of nitrogen functional groups attached to an aromatic ring is 1. The van der Waals surface area contributed by atoms with E-state index in [1.807, 2.05) is 6.92 Å². The molecule has 1 unspecified atom stereocenters. The molecule has 0 saturated heterocycles. The number of hydrogen-bond donors (Lipinski definition) is 3. The fourth-order valence-corrected chi connectivity index (χ4v) is 1.87. The van der Waals surface area contributed by atoms with Crippen LogP contribution < -0.4 is 5.73 Å². The predicted octanol–water partition coefficient (Wildman–Crippen LogP) is 1.18. The van der Waals surface area contributed by atoms with Gasteiger partial charge in [-0.25, -0.2) is 14.3 Å². The maximum absolute atomic E-state index is 11.3. The van der Waals surface area contributed by atoms with Crippen LogP contribution in [0.2, 0.25) is 0 Å². The fourth-order valence-electron chi connectivity index (χ4n) is 1.87. The molecule has 8 nitrogen and oxygen atoms in total. The van der Waals surface area contributed by atoms with Crippen molar-refractivity contribution in [2.75, 3.05) is 5.73 Å². The second kappa shape index (κ2) is 5.23. The van der Waals surface area contributed by atoms with Gasteiger partial charge in [0, 0.05) is 11.3 Å². The zero-order valence-electron chi connectivity index (χ0n) is 11.4. The molecule has 1 atom stereocenters. The highest BCUT2D eigenvalue weighted by atomic mass is 16.4. The van der Waals surface area contributed by atoms with Gasteiger partial charge in [0.2, 0.25) is 0 Å². The van der Waals surface area contributed by atoms with Crippen molar-refractivity contribution in [3.05, 3.63) is 29.5 Å². The molecule has 0 aliphatic carbocycles. The number of carboxylic acid groups (broad SMARTS) is 2. The molecule has 1 aromatic carbocycles. The Morgan fingerprint density at radius 1 is 1.33 bits per heavy atom. The maximum Gasteiger partial charge on any atom is 0.358 e. The third-order valence-electron chi connectivity index (χ3n) is 3.17. The Kier molecular flexibility index (Phi) is 3.62. The zero-order valence-corrected chi connectivity index (χ0v) is 11.4. The van der Waals surface area contributed by atoms with E-state index in [2.05, 4.69) is 10.3 Å². The van der Waals surface area contributed by atoms with Gasteiger partial charge in [0.1, 0.15) is 11.7 Å². The number of aromatic nitrogens is 3. The lowest BCUT2D eigenvalue weighted by atomic mass is 10.1. The summed E-state index contributed by atoms with van der Waals surface area (Å²) < 4.78 is 1.07. The first-order valence-corrected chi connectivity index (χ1v) is 6.10. The van der Waals surface area contributed by atoms with Crippen LogP contribution in [0.4, 0.5) is 5.69 Å². The van der Waals surface area contributed by atoms with Crippen LogP contribution in [-0.2, 0) is 4.79 Å². The van der Waals surface area contributed by atoms with Gasteiger partial charge in [0.15, 0.2) is 5.69 Å². The molecule has 4 N–H and O–H groups in total. The molecule has 0 spiro atoms. The molecule has 0 aliphatic heterocycles. The Bertz CT molecular complexity index is 723. The van der Waals surface area contributed by atoms with E-state index in [1.165, 1.54) is 6.92 Å². The van der Waals surface area contributed by atoms with Crippen molar-refractivity contribution < 1.29 is 19.8 Å². The highest BCUT2D eigenvalue weighted by molar-refractivity contribution is 5.93. The van der Waals surface area contributed by atoms with E-state index >= 15 is 0 Å². The summed E-state index contributed by atoms with van der Waals surface area (Å²) in [6.45, 7) is 3.20. The molecule has 0 fully saturated rings.